The van der Waals surface area contributed by atoms with Crippen LogP contribution in [0.5, 0.6) is 0 Å². The molecule has 3 rings (SSSR count). The number of aliphatic imine (C=N–C) groups is 1. The average Bonchev–Trinajstić information content (AvgIpc) is 3.17. The predicted molar refractivity (Wildman–Crippen MR) is 124 cm³/mol. The highest BCUT2D eigenvalue weighted by Gasteiger charge is 2.14. The summed E-state index contributed by atoms with van der Waals surface area (Å²) in [6, 6.07) is 7.54. The number of fused-ring (bicyclic) bond motifs is 1. The molecule has 2 heterocycles. The van der Waals surface area contributed by atoms with Gasteiger partial charge in [-0.3, -0.25) is 5.41 Å². The van der Waals surface area contributed by atoms with Gasteiger partial charge >= 0.3 is 0 Å². The highest BCUT2D eigenvalue weighted by molar-refractivity contribution is 6.03. The number of ether oxygens (including phenoxy) is 1. The first-order valence-electron chi connectivity index (χ1n) is 10.4. The van der Waals surface area contributed by atoms with Crippen LogP contribution < -0.4 is 5.73 Å². The van der Waals surface area contributed by atoms with Crippen LogP contribution in [0.2, 0.25) is 0 Å². The van der Waals surface area contributed by atoms with Crippen LogP contribution in [0.3, 0.4) is 0 Å². The number of H-pyrrole nitrogens is 1. The van der Waals surface area contributed by atoms with Gasteiger partial charge < -0.3 is 15.5 Å². The maximum Gasteiger partial charge on any atom is 0.289 e. The van der Waals surface area contributed by atoms with Gasteiger partial charge in [-0.25, -0.2) is 15.0 Å². The zero-order valence-electron chi connectivity index (χ0n) is 18.7. The van der Waals surface area contributed by atoms with E-state index in [9.17, 15) is 0 Å². The second kappa shape index (κ2) is 10.5. The van der Waals surface area contributed by atoms with Crippen molar-refractivity contribution in [3.63, 3.8) is 0 Å². The third-order valence-electron chi connectivity index (χ3n) is 4.57. The van der Waals surface area contributed by atoms with Gasteiger partial charge in [-0.05, 0) is 50.5 Å². The van der Waals surface area contributed by atoms with E-state index in [0.717, 1.165) is 28.6 Å². The van der Waals surface area contributed by atoms with E-state index in [4.69, 9.17) is 20.9 Å². The van der Waals surface area contributed by atoms with Gasteiger partial charge in [0.25, 0.3) is 6.02 Å². The summed E-state index contributed by atoms with van der Waals surface area (Å²) in [5, 5.41) is 9.12. The molecule has 0 amide bonds. The maximum absolute atomic E-state index is 8.20. The van der Waals surface area contributed by atoms with Crippen molar-refractivity contribution in [2.45, 2.75) is 59.9 Å². The molecular formula is C23H32N6O. The fourth-order valence-corrected chi connectivity index (χ4v) is 2.88. The Morgan fingerprint density at radius 2 is 1.97 bits per heavy atom. The lowest BCUT2D eigenvalue weighted by molar-refractivity contribution is 0.523. The van der Waals surface area contributed by atoms with Crippen molar-refractivity contribution in [2.24, 2.45) is 10.7 Å². The van der Waals surface area contributed by atoms with E-state index in [2.05, 4.69) is 28.8 Å². The molecule has 0 fully saturated rings. The minimum absolute atomic E-state index is 0.00138. The van der Waals surface area contributed by atoms with E-state index in [1.807, 2.05) is 58.2 Å². The van der Waals surface area contributed by atoms with Crippen LogP contribution in [0.4, 0.5) is 0 Å². The molecule has 0 aliphatic carbocycles. The number of aromatic amines is 1. The van der Waals surface area contributed by atoms with E-state index >= 15 is 0 Å². The molecule has 1 atom stereocenters. The quantitative estimate of drug-likeness (QED) is 0.396. The van der Waals surface area contributed by atoms with E-state index in [-0.39, 0.29) is 18.0 Å². The van der Waals surface area contributed by atoms with Crippen LogP contribution in [-0.4, -0.2) is 32.9 Å². The highest BCUT2D eigenvalue weighted by Crippen LogP contribution is 2.28. The normalized spacial score (nSPS) is 12.4. The molecule has 2 aromatic heterocycles. The lowest BCUT2D eigenvalue weighted by Crippen LogP contribution is -2.22. The molecule has 160 valence electrons. The summed E-state index contributed by atoms with van der Waals surface area (Å²) in [5.41, 5.74) is 9.20. The molecular weight excluding hydrogens is 376 g/mol. The zero-order valence-corrected chi connectivity index (χ0v) is 18.7. The maximum atomic E-state index is 8.20. The molecule has 0 aliphatic heterocycles. The van der Waals surface area contributed by atoms with Gasteiger partial charge in [0.1, 0.15) is 0 Å². The van der Waals surface area contributed by atoms with Crippen molar-refractivity contribution in [1.29, 1.82) is 5.41 Å². The van der Waals surface area contributed by atoms with Gasteiger partial charge in [-0.15, -0.1) is 0 Å². The predicted octanol–water partition coefficient (Wildman–Crippen LogP) is 5.23. The number of rotatable bonds is 5. The van der Waals surface area contributed by atoms with E-state index in [1.165, 1.54) is 0 Å². The highest BCUT2D eigenvalue weighted by atomic mass is 16.5. The van der Waals surface area contributed by atoms with Crippen molar-refractivity contribution in [2.75, 3.05) is 0 Å². The van der Waals surface area contributed by atoms with E-state index in [1.54, 1.807) is 6.20 Å². The van der Waals surface area contributed by atoms with Crippen LogP contribution in [0.25, 0.3) is 22.3 Å². The van der Waals surface area contributed by atoms with Crippen LogP contribution in [0.15, 0.2) is 41.7 Å². The summed E-state index contributed by atoms with van der Waals surface area (Å²) in [4.78, 5) is 16.5. The molecule has 1 unspecified atom stereocenters. The summed E-state index contributed by atoms with van der Waals surface area (Å²) in [5.74, 6) is 0.979. The summed E-state index contributed by atoms with van der Waals surface area (Å²) >= 11 is 0. The van der Waals surface area contributed by atoms with Crippen molar-refractivity contribution >= 4 is 22.8 Å². The van der Waals surface area contributed by atoms with E-state index < -0.39 is 0 Å². The number of amidine groups is 1. The van der Waals surface area contributed by atoms with Gasteiger partial charge in [-0.2, -0.15) is 0 Å². The number of nitrogens with two attached hydrogens (primary N) is 1. The Morgan fingerprint density at radius 3 is 2.63 bits per heavy atom. The largest absolute Gasteiger partial charge is 0.407 e. The molecule has 30 heavy (non-hydrogen) atoms. The van der Waals surface area contributed by atoms with Crippen LogP contribution >= 0.6 is 0 Å². The van der Waals surface area contributed by atoms with Gasteiger partial charge in [0.05, 0.1) is 0 Å². The number of nitrogens with one attached hydrogen (secondary N) is 2. The third-order valence-corrected chi connectivity index (χ3v) is 4.57. The summed E-state index contributed by atoms with van der Waals surface area (Å²) in [7, 11) is 0. The topological polar surface area (TPSA) is 113 Å². The first-order chi connectivity index (χ1) is 14.4. The Bertz CT molecular complexity index is 1020. The molecule has 7 heteroatoms. The summed E-state index contributed by atoms with van der Waals surface area (Å²) in [6.07, 6.45) is 4.70. The van der Waals surface area contributed by atoms with Gasteiger partial charge in [-0.1, -0.05) is 27.7 Å². The Hall–Kier alpha value is -3.22. The van der Waals surface area contributed by atoms with Crippen molar-refractivity contribution in [3.8, 4) is 11.4 Å². The number of benzene rings is 1. The molecule has 0 radical (unpaired) electrons. The fraction of sp³-hybridized carbons (Fsp3) is 0.391. The molecule has 1 aromatic carbocycles. The molecule has 0 spiro atoms. The smallest absolute Gasteiger partial charge is 0.289 e. The molecule has 0 saturated heterocycles. The van der Waals surface area contributed by atoms with Crippen LogP contribution in [0.1, 0.15) is 65.1 Å². The fourth-order valence-electron chi connectivity index (χ4n) is 2.88. The first-order valence-corrected chi connectivity index (χ1v) is 10.4. The minimum atomic E-state index is -0.0507. The Kier molecular flexibility index (Phi) is 8.09. The SMILES string of the molecule is CC.CCC(C)c1ccnc(-c2c[nH]c3ccc(C(=N)OC(N)=NC(C)C)cc23)n1. The lowest BCUT2D eigenvalue weighted by Gasteiger charge is -2.09. The minimum Gasteiger partial charge on any atom is -0.407 e. The van der Waals surface area contributed by atoms with Gasteiger partial charge in [0, 0.05) is 46.2 Å². The lowest BCUT2D eigenvalue weighted by atomic mass is 10.0. The second-order valence-electron chi connectivity index (χ2n) is 7.07. The number of aromatic nitrogens is 3. The van der Waals surface area contributed by atoms with E-state index in [0.29, 0.717) is 17.3 Å². The van der Waals surface area contributed by atoms with Crippen LogP contribution in [-0.2, 0) is 4.74 Å². The molecule has 7 nitrogen and oxygen atoms in total. The zero-order chi connectivity index (χ0) is 22.3. The monoisotopic (exact) mass is 408 g/mol. The van der Waals surface area contributed by atoms with Crippen molar-refractivity contribution in [1.82, 2.24) is 15.0 Å². The molecule has 4 N–H and O–H groups in total. The third kappa shape index (κ3) is 5.43. The molecule has 0 bridgehead atoms. The molecule has 0 saturated carbocycles. The van der Waals surface area contributed by atoms with Crippen molar-refractivity contribution in [3.05, 3.63) is 47.9 Å². The van der Waals surface area contributed by atoms with Crippen molar-refractivity contribution < 1.29 is 4.74 Å². The Morgan fingerprint density at radius 1 is 1.23 bits per heavy atom. The number of nitrogens with zero attached hydrogens (tertiary/aromatic N) is 3. The average molecular weight is 409 g/mol. The van der Waals surface area contributed by atoms with Crippen LogP contribution in [0, 0.1) is 5.41 Å². The Labute approximate surface area is 178 Å². The summed E-state index contributed by atoms with van der Waals surface area (Å²) < 4.78 is 5.35. The van der Waals surface area contributed by atoms with Gasteiger partial charge in [0.15, 0.2) is 5.82 Å². The Balaban J connectivity index is 0.00000155. The number of hydrogen-bond acceptors (Lipinski definition) is 5. The standard InChI is InChI=1S/C21H26N6O.C2H6/c1-5-13(4)17-8-9-24-20(27-17)16-11-25-18-7-6-14(10-15(16)18)19(22)28-21(23)26-12(2)3;1-2/h6-13,22,25H,5H2,1-4H3,(H2,23,26);1-2H3. The summed E-state index contributed by atoms with van der Waals surface area (Å²) in [6.45, 7) is 12.1. The second-order valence-corrected chi connectivity index (χ2v) is 7.07. The van der Waals surface area contributed by atoms with Gasteiger partial charge in [0.2, 0.25) is 5.90 Å². The molecule has 0 aliphatic rings. The number of hydrogen-bond donors (Lipinski definition) is 3. The first kappa shape index (κ1) is 23.1. The molecule has 3 aromatic rings.